The molecule has 2 fully saturated rings. The Morgan fingerprint density at radius 2 is 1.82 bits per heavy atom. The van der Waals surface area contributed by atoms with Crippen LogP contribution in [0.5, 0.6) is 0 Å². The van der Waals surface area contributed by atoms with Crippen molar-refractivity contribution in [1.82, 2.24) is 9.03 Å². The maximum absolute atomic E-state index is 12.6. The Kier molecular flexibility index (Phi) is 5.00. The second-order valence-electron chi connectivity index (χ2n) is 5.36. The number of carbonyl (C=O) groups is 1. The van der Waals surface area contributed by atoms with Gasteiger partial charge in [-0.05, 0) is 19.3 Å². The van der Waals surface area contributed by atoms with E-state index in [1.807, 2.05) is 0 Å². The summed E-state index contributed by atoms with van der Waals surface area (Å²) in [5.74, 6) is -2.78. The maximum Gasteiger partial charge on any atom is 0.391 e. The Balaban J connectivity index is 1.96. The zero-order valence-corrected chi connectivity index (χ0v) is 12.4. The minimum atomic E-state index is -4.32. The van der Waals surface area contributed by atoms with E-state index in [-0.39, 0.29) is 39.0 Å². The normalized spacial score (nSPS) is 28.9. The Hall–Kier alpha value is -0.910. The molecular weight excluding hydrogens is 329 g/mol. The van der Waals surface area contributed by atoms with Gasteiger partial charge in [-0.15, -0.1) is 0 Å². The van der Waals surface area contributed by atoms with Crippen molar-refractivity contribution < 1.29 is 36.2 Å². The highest BCUT2D eigenvalue weighted by atomic mass is 32.2. The molecule has 0 amide bonds. The molecule has 0 aromatic rings. The topological polar surface area (TPSA) is 95.9 Å². The van der Waals surface area contributed by atoms with Crippen LogP contribution in [-0.4, -0.2) is 61.8 Å². The molecule has 2 atom stereocenters. The quantitative estimate of drug-likeness (QED) is 0.765. The van der Waals surface area contributed by atoms with E-state index in [9.17, 15) is 26.4 Å². The standard InChI is InChI=1S/C11H17F3N2O5S/c12-11(13,14)7-1-4-16(5-2-7)22(19,20)15-8-3-6-21-9(8)10(17)18/h7-9,15H,1-6H2,(H,17,18)/t8-,9+/m0/s1. The summed E-state index contributed by atoms with van der Waals surface area (Å²) in [5.41, 5.74) is 0. The van der Waals surface area contributed by atoms with Crippen LogP contribution in [0.15, 0.2) is 0 Å². The third kappa shape index (κ3) is 3.89. The summed E-state index contributed by atoms with van der Waals surface area (Å²) in [4.78, 5) is 10.9. The number of rotatable bonds is 4. The molecule has 7 nitrogen and oxygen atoms in total. The van der Waals surface area contributed by atoms with Gasteiger partial charge < -0.3 is 9.84 Å². The van der Waals surface area contributed by atoms with Crippen LogP contribution >= 0.6 is 0 Å². The highest BCUT2D eigenvalue weighted by molar-refractivity contribution is 7.87. The Morgan fingerprint density at radius 3 is 2.32 bits per heavy atom. The number of hydrogen-bond donors (Lipinski definition) is 2. The van der Waals surface area contributed by atoms with Gasteiger partial charge in [-0.2, -0.15) is 30.6 Å². The lowest BCUT2D eigenvalue weighted by Crippen LogP contribution is -2.52. The third-order valence-electron chi connectivity index (χ3n) is 3.89. The van der Waals surface area contributed by atoms with E-state index in [0.717, 1.165) is 4.31 Å². The van der Waals surface area contributed by atoms with Gasteiger partial charge in [0, 0.05) is 19.7 Å². The van der Waals surface area contributed by atoms with Crippen LogP contribution < -0.4 is 4.72 Å². The molecular formula is C11H17F3N2O5S. The molecule has 0 saturated carbocycles. The van der Waals surface area contributed by atoms with Gasteiger partial charge in [-0.3, -0.25) is 0 Å². The summed E-state index contributed by atoms with van der Waals surface area (Å²) in [7, 11) is -4.03. The van der Waals surface area contributed by atoms with Crippen LogP contribution in [-0.2, 0) is 19.7 Å². The molecule has 11 heteroatoms. The highest BCUT2D eigenvalue weighted by Crippen LogP contribution is 2.34. The minimum Gasteiger partial charge on any atom is -0.479 e. The second-order valence-corrected chi connectivity index (χ2v) is 7.06. The van der Waals surface area contributed by atoms with Crippen molar-refractivity contribution in [3.8, 4) is 0 Å². The van der Waals surface area contributed by atoms with Gasteiger partial charge in [0.2, 0.25) is 0 Å². The smallest absolute Gasteiger partial charge is 0.391 e. The molecule has 0 aliphatic carbocycles. The molecule has 128 valence electrons. The first-order valence-electron chi connectivity index (χ1n) is 6.80. The van der Waals surface area contributed by atoms with Crippen molar-refractivity contribution in [2.75, 3.05) is 19.7 Å². The van der Waals surface area contributed by atoms with Crippen LogP contribution in [0.1, 0.15) is 19.3 Å². The predicted molar refractivity (Wildman–Crippen MR) is 68.2 cm³/mol. The predicted octanol–water partition coefficient (Wildman–Crippen LogP) is 0.337. The average Bonchev–Trinajstić information content (AvgIpc) is 2.85. The van der Waals surface area contributed by atoms with E-state index in [0.29, 0.717) is 0 Å². The summed E-state index contributed by atoms with van der Waals surface area (Å²) in [6.07, 6.45) is -5.99. The third-order valence-corrected chi connectivity index (χ3v) is 5.54. The molecule has 2 rings (SSSR count). The number of aliphatic carboxylic acids is 1. The SMILES string of the molecule is O=C(O)[C@@H]1OCC[C@@H]1NS(=O)(=O)N1CCC(C(F)(F)F)CC1. The van der Waals surface area contributed by atoms with Gasteiger partial charge in [-0.1, -0.05) is 0 Å². The summed E-state index contributed by atoms with van der Waals surface area (Å²) < 4.78 is 70.1. The Bertz CT molecular complexity index is 516. The van der Waals surface area contributed by atoms with Gasteiger partial charge in [-0.25, -0.2) is 4.79 Å². The van der Waals surface area contributed by atoms with Crippen molar-refractivity contribution >= 4 is 16.2 Å². The number of nitrogens with one attached hydrogen (secondary N) is 1. The van der Waals surface area contributed by atoms with Gasteiger partial charge >= 0.3 is 12.1 Å². The van der Waals surface area contributed by atoms with Crippen molar-refractivity contribution in [3.63, 3.8) is 0 Å². The van der Waals surface area contributed by atoms with Crippen molar-refractivity contribution in [3.05, 3.63) is 0 Å². The fraction of sp³-hybridized carbons (Fsp3) is 0.909. The monoisotopic (exact) mass is 346 g/mol. The number of carboxylic acid groups (broad SMARTS) is 1. The average molecular weight is 346 g/mol. The Morgan fingerprint density at radius 1 is 1.23 bits per heavy atom. The summed E-state index contributed by atoms with van der Waals surface area (Å²) in [5, 5.41) is 8.92. The number of piperidine rings is 1. The largest absolute Gasteiger partial charge is 0.479 e. The first-order valence-corrected chi connectivity index (χ1v) is 8.24. The molecule has 2 aliphatic heterocycles. The molecule has 2 N–H and O–H groups in total. The molecule has 0 aromatic heterocycles. The van der Waals surface area contributed by atoms with E-state index < -0.39 is 40.4 Å². The fourth-order valence-corrected chi connectivity index (χ4v) is 4.11. The zero-order chi connectivity index (χ0) is 16.5. The molecule has 0 aromatic carbocycles. The van der Waals surface area contributed by atoms with E-state index in [4.69, 9.17) is 9.84 Å². The van der Waals surface area contributed by atoms with E-state index in [1.54, 1.807) is 0 Å². The number of nitrogens with zero attached hydrogens (tertiary/aromatic N) is 1. The molecule has 0 unspecified atom stereocenters. The molecule has 0 spiro atoms. The second kappa shape index (κ2) is 6.30. The number of hydrogen-bond acceptors (Lipinski definition) is 4. The molecule has 2 heterocycles. The van der Waals surface area contributed by atoms with Crippen LogP contribution in [0.3, 0.4) is 0 Å². The molecule has 0 bridgehead atoms. The lowest BCUT2D eigenvalue weighted by molar-refractivity contribution is -0.182. The lowest BCUT2D eigenvalue weighted by atomic mass is 9.98. The van der Waals surface area contributed by atoms with Gasteiger partial charge in [0.1, 0.15) is 0 Å². The minimum absolute atomic E-state index is 0.111. The highest BCUT2D eigenvalue weighted by Gasteiger charge is 2.44. The van der Waals surface area contributed by atoms with Crippen LogP contribution in [0.2, 0.25) is 0 Å². The molecule has 22 heavy (non-hydrogen) atoms. The van der Waals surface area contributed by atoms with E-state index in [1.165, 1.54) is 0 Å². The van der Waals surface area contributed by atoms with Gasteiger partial charge in [0.05, 0.1) is 12.0 Å². The lowest BCUT2D eigenvalue weighted by Gasteiger charge is -2.33. The van der Waals surface area contributed by atoms with Crippen LogP contribution in [0.4, 0.5) is 13.2 Å². The Labute approximate surface area is 125 Å². The van der Waals surface area contributed by atoms with E-state index in [2.05, 4.69) is 4.72 Å². The number of carboxylic acids is 1. The zero-order valence-electron chi connectivity index (χ0n) is 11.5. The number of halogens is 3. The van der Waals surface area contributed by atoms with Crippen molar-refractivity contribution in [2.24, 2.45) is 5.92 Å². The van der Waals surface area contributed by atoms with Gasteiger partial charge in [0.15, 0.2) is 6.10 Å². The number of alkyl halides is 3. The summed E-state index contributed by atoms with van der Waals surface area (Å²) >= 11 is 0. The van der Waals surface area contributed by atoms with Crippen molar-refractivity contribution in [1.29, 1.82) is 0 Å². The van der Waals surface area contributed by atoms with Gasteiger partial charge in [0.25, 0.3) is 10.2 Å². The van der Waals surface area contributed by atoms with Crippen LogP contribution in [0.25, 0.3) is 0 Å². The molecule has 0 radical (unpaired) electrons. The number of ether oxygens (including phenoxy) is 1. The summed E-state index contributed by atoms with van der Waals surface area (Å²) in [6.45, 7) is -0.379. The molecule has 2 saturated heterocycles. The fourth-order valence-electron chi connectivity index (χ4n) is 2.64. The first-order chi connectivity index (χ1) is 10.1. The summed E-state index contributed by atoms with van der Waals surface area (Å²) in [6, 6.07) is -0.914. The molecule has 2 aliphatic rings. The maximum atomic E-state index is 12.6. The van der Waals surface area contributed by atoms with Crippen molar-refractivity contribution in [2.45, 2.75) is 37.6 Å². The van der Waals surface area contributed by atoms with Crippen LogP contribution in [0, 0.1) is 5.92 Å². The van der Waals surface area contributed by atoms with E-state index >= 15 is 0 Å². The first kappa shape index (κ1) is 17.4.